The molecule has 6 heteroatoms. The van der Waals surface area contributed by atoms with Gasteiger partial charge in [-0.2, -0.15) is 5.26 Å². The van der Waals surface area contributed by atoms with E-state index in [-0.39, 0.29) is 30.3 Å². The topological polar surface area (TPSA) is 96.3 Å². The first-order valence-corrected chi connectivity index (χ1v) is 9.84. The van der Waals surface area contributed by atoms with Crippen LogP contribution in [0.3, 0.4) is 0 Å². The van der Waals surface area contributed by atoms with Crippen molar-refractivity contribution in [3.05, 3.63) is 64.7 Å². The van der Waals surface area contributed by atoms with Gasteiger partial charge in [-0.05, 0) is 47.2 Å². The molecule has 1 amide bonds. The number of nitrogens with zero attached hydrogens (tertiary/aromatic N) is 1. The van der Waals surface area contributed by atoms with Crippen molar-refractivity contribution in [3.8, 4) is 6.07 Å². The normalized spacial score (nSPS) is 10.6. The molecule has 1 N–H and O–H groups in total. The highest BCUT2D eigenvalue weighted by Crippen LogP contribution is 2.25. The average molecular weight is 406 g/mol. The van der Waals surface area contributed by atoms with Crippen LogP contribution in [0.25, 0.3) is 0 Å². The molecule has 0 atom stereocenters. The number of carbonyl (C=O) groups excluding carboxylic acids is 3. The Morgan fingerprint density at radius 1 is 1.00 bits per heavy atom. The van der Waals surface area contributed by atoms with E-state index in [0.29, 0.717) is 17.2 Å². The van der Waals surface area contributed by atoms with Crippen LogP contribution in [0.5, 0.6) is 0 Å². The highest BCUT2D eigenvalue weighted by atomic mass is 16.5. The van der Waals surface area contributed by atoms with Crippen molar-refractivity contribution in [2.45, 2.75) is 46.0 Å². The molecule has 0 aliphatic carbocycles. The van der Waals surface area contributed by atoms with Crippen LogP contribution >= 0.6 is 0 Å². The number of rotatable bonds is 8. The molecule has 0 spiro atoms. The zero-order valence-electron chi connectivity index (χ0n) is 17.7. The van der Waals surface area contributed by atoms with Crippen LogP contribution in [-0.2, 0) is 9.53 Å². The molecular weight excluding hydrogens is 380 g/mol. The van der Waals surface area contributed by atoms with Gasteiger partial charge < -0.3 is 10.1 Å². The molecule has 0 aliphatic rings. The van der Waals surface area contributed by atoms with Crippen molar-refractivity contribution in [1.82, 2.24) is 0 Å². The third-order valence-corrected chi connectivity index (χ3v) is 4.64. The SMILES string of the molecule is CC(C)c1ccc(C(=O)COC(=O)c2ccc(NC(=O)CC#N)cc2)c(C(C)C)c1. The number of benzene rings is 2. The van der Waals surface area contributed by atoms with Crippen LogP contribution in [-0.4, -0.2) is 24.3 Å². The van der Waals surface area contributed by atoms with Crippen LogP contribution in [0.15, 0.2) is 42.5 Å². The lowest BCUT2D eigenvalue weighted by atomic mass is 9.90. The summed E-state index contributed by atoms with van der Waals surface area (Å²) in [6.07, 6.45) is -0.248. The number of esters is 1. The summed E-state index contributed by atoms with van der Waals surface area (Å²) in [7, 11) is 0. The van der Waals surface area contributed by atoms with E-state index in [1.54, 1.807) is 12.1 Å². The molecule has 156 valence electrons. The molecule has 0 saturated carbocycles. The third-order valence-electron chi connectivity index (χ3n) is 4.64. The fraction of sp³-hybridized carbons (Fsp3) is 0.333. The lowest BCUT2D eigenvalue weighted by Crippen LogP contribution is -2.16. The minimum absolute atomic E-state index is 0.169. The van der Waals surface area contributed by atoms with Crippen molar-refractivity contribution < 1.29 is 19.1 Å². The number of hydrogen-bond acceptors (Lipinski definition) is 5. The van der Waals surface area contributed by atoms with Crippen LogP contribution in [0, 0.1) is 11.3 Å². The first-order chi connectivity index (χ1) is 14.2. The quantitative estimate of drug-likeness (QED) is 0.500. The maximum absolute atomic E-state index is 12.7. The van der Waals surface area contributed by atoms with E-state index >= 15 is 0 Å². The molecule has 0 heterocycles. The summed E-state index contributed by atoms with van der Waals surface area (Å²) in [5.74, 6) is -0.770. The number of anilines is 1. The minimum Gasteiger partial charge on any atom is -0.454 e. The van der Waals surface area contributed by atoms with E-state index < -0.39 is 11.9 Å². The summed E-state index contributed by atoms with van der Waals surface area (Å²) in [6.45, 7) is 7.91. The van der Waals surface area contributed by atoms with Gasteiger partial charge in [0.2, 0.25) is 11.7 Å². The number of Topliss-reactive ketones (excluding diaryl/α,β-unsaturated/α-hetero) is 1. The fourth-order valence-electron chi connectivity index (χ4n) is 2.93. The van der Waals surface area contributed by atoms with Gasteiger partial charge in [0.15, 0.2) is 6.61 Å². The second kappa shape index (κ2) is 10.4. The minimum atomic E-state index is -0.622. The molecular formula is C24H26N2O4. The molecule has 0 saturated heterocycles. The molecule has 0 unspecified atom stereocenters. The van der Waals surface area contributed by atoms with Crippen molar-refractivity contribution >= 4 is 23.3 Å². The van der Waals surface area contributed by atoms with E-state index in [1.165, 1.54) is 24.3 Å². The molecule has 0 fully saturated rings. The summed E-state index contributed by atoms with van der Waals surface area (Å²) in [5, 5.41) is 11.0. The summed E-state index contributed by atoms with van der Waals surface area (Å²) in [5.41, 5.74) is 3.40. The summed E-state index contributed by atoms with van der Waals surface area (Å²) >= 11 is 0. The van der Waals surface area contributed by atoms with E-state index in [9.17, 15) is 14.4 Å². The zero-order chi connectivity index (χ0) is 22.3. The average Bonchev–Trinajstić information content (AvgIpc) is 2.71. The zero-order valence-corrected chi connectivity index (χ0v) is 17.7. The number of carbonyl (C=O) groups is 3. The molecule has 0 aliphatic heterocycles. The molecule has 30 heavy (non-hydrogen) atoms. The number of ketones is 1. The molecule has 0 bridgehead atoms. The lowest BCUT2D eigenvalue weighted by Gasteiger charge is -2.16. The van der Waals surface area contributed by atoms with Gasteiger partial charge in [0, 0.05) is 11.3 Å². The second-order valence-corrected chi connectivity index (χ2v) is 7.62. The Morgan fingerprint density at radius 2 is 1.67 bits per heavy atom. The molecule has 2 aromatic carbocycles. The number of nitriles is 1. The highest BCUT2D eigenvalue weighted by molar-refractivity contribution is 6.01. The monoisotopic (exact) mass is 406 g/mol. The maximum atomic E-state index is 12.7. The van der Waals surface area contributed by atoms with Crippen LogP contribution in [0.1, 0.15) is 77.8 Å². The van der Waals surface area contributed by atoms with Crippen molar-refractivity contribution in [1.29, 1.82) is 5.26 Å². The molecule has 6 nitrogen and oxygen atoms in total. The van der Waals surface area contributed by atoms with Crippen molar-refractivity contribution in [3.63, 3.8) is 0 Å². The number of amides is 1. The van der Waals surface area contributed by atoms with Gasteiger partial charge in [-0.15, -0.1) is 0 Å². The Morgan fingerprint density at radius 3 is 2.23 bits per heavy atom. The van der Waals surface area contributed by atoms with Gasteiger partial charge in [-0.25, -0.2) is 4.79 Å². The fourth-order valence-corrected chi connectivity index (χ4v) is 2.93. The highest BCUT2D eigenvalue weighted by Gasteiger charge is 2.18. The van der Waals surface area contributed by atoms with E-state index in [1.807, 2.05) is 26.0 Å². The third kappa shape index (κ3) is 6.02. The van der Waals surface area contributed by atoms with Crippen molar-refractivity contribution in [2.24, 2.45) is 0 Å². The van der Waals surface area contributed by atoms with Crippen molar-refractivity contribution in [2.75, 3.05) is 11.9 Å². The van der Waals surface area contributed by atoms with E-state index in [2.05, 4.69) is 19.2 Å². The molecule has 0 aromatic heterocycles. The van der Waals surface area contributed by atoms with Crippen LogP contribution in [0.4, 0.5) is 5.69 Å². The Kier molecular flexibility index (Phi) is 7.88. The van der Waals surface area contributed by atoms with Crippen LogP contribution < -0.4 is 5.32 Å². The van der Waals surface area contributed by atoms with Crippen LogP contribution in [0.2, 0.25) is 0 Å². The molecule has 0 radical (unpaired) electrons. The standard InChI is InChI=1S/C24H26N2O4/c1-15(2)18-7-10-20(21(13-18)16(3)4)22(27)14-30-24(29)17-5-8-19(9-6-17)26-23(28)11-12-25/h5-10,13,15-16H,11,14H2,1-4H3,(H,26,28). The van der Waals surface area contributed by atoms with Gasteiger partial charge in [-0.1, -0.05) is 45.9 Å². The number of hydrogen-bond donors (Lipinski definition) is 1. The molecule has 2 rings (SSSR count). The van der Waals surface area contributed by atoms with Gasteiger partial charge in [0.1, 0.15) is 6.42 Å². The summed E-state index contributed by atoms with van der Waals surface area (Å²) in [6, 6.07) is 13.6. The van der Waals surface area contributed by atoms with E-state index in [4.69, 9.17) is 10.00 Å². The second-order valence-electron chi connectivity index (χ2n) is 7.62. The predicted molar refractivity (Wildman–Crippen MR) is 115 cm³/mol. The summed E-state index contributed by atoms with van der Waals surface area (Å²) in [4.78, 5) is 36.4. The van der Waals surface area contributed by atoms with Gasteiger partial charge in [0.25, 0.3) is 0 Å². The Bertz CT molecular complexity index is 970. The Labute approximate surface area is 176 Å². The maximum Gasteiger partial charge on any atom is 0.338 e. The largest absolute Gasteiger partial charge is 0.454 e. The van der Waals surface area contributed by atoms with Gasteiger partial charge in [0.05, 0.1) is 11.6 Å². The Balaban J connectivity index is 2.03. The smallest absolute Gasteiger partial charge is 0.338 e. The predicted octanol–water partition coefficient (Wildman–Crippen LogP) is 4.83. The lowest BCUT2D eigenvalue weighted by molar-refractivity contribution is -0.115. The number of ether oxygens (including phenoxy) is 1. The molecule has 2 aromatic rings. The van der Waals surface area contributed by atoms with Gasteiger partial charge >= 0.3 is 5.97 Å². The summed E-state index contributed by atoms with van der Waals surface area (Å²) < 4.78 is 5.20. The first kappa shape index (κ1) is 22.8. The first-order valence-electron chi connectivity index (χ1n) is 9.84. The number of nitrogens with one attached hydrogen (secondary N) is 1. The van der Waals surface area contributed by atoms with Gasteiger partial charge in [-0.3, -0.25) is 9.59 Å². The Hall–Kier alpha value is -3.46. The van der Waals surface area contributed by atoms with E-state index in [0.717, 1.165) is 11.1 Å².